The van der Waals surface area contributed by atoms with E-state index >= 15 is 0 Å². The minimum absolute atomic E-state index is 0.145. The van der Waals surface area contributed by atoms with Crippen molar-refractivity contribution in [3.8, 4) is 5.75 Å². The van der Waals surface area contributed by atoms with Gasteiger partial charge in [0, 0.05) is 36.4 Å². The summed E-state index contributed by atoms with van der Waals surface area (Å²) in [6.07, 6.45) is 1.75. The molecule has 1 aromatic rings. The average Bonchev–Trinajstić information content (AvgIpc) is 2.41. The number of aliphatic hydroxyl groups is 1. The van der Waals surface area contributed by atoms with Crippen LogP contribution in [0.3, 0.4) is 0 Å². The van der Waals surface area contributed by atoms with E-state index in [2.05, 4.69) is 20.9 Å². The predicted molar refractivity (Wildman–Crippen MR) is 74.7 cm³/mol. The van der Waals surface area contributed by atoms with Gasteiger partial charge in [0.1, 0.15) is 5.60 Å². The molecular formula is C13H18BrNO4. The van der Waals surface area contributed by atoms with Crippen molar-refractivity contribution in [1.29, 1.82) is 0 Å². The highest BCUT2D eigenvalue weighted by atomic mass is 79.9. The number of carbonyl (C=O) groups excluding carboxylic acids is 1. The van der Waals surface area contributed by atoms with Gasteiger partial charge in [0.2, 0.25) is 5.78 Å². The maximum absolute atomic E-state index is 12.5. The molecule has 1 unspecified atom stereocenters. The summed E-state index contributed by atoms with van der Waals surface area (Å²) in [7, 11) is 2.93. The van der Waals surface area contributed by atoms with Crippen molar-refractivity contribution in [2.24, 2.45) is 0 Å². The van der Waals surface area contributed by atoms with Gasteiger partial charge in [-0.3, -0.25) is 4.79 Å². The van der Waals surface area contributed by atoms with Crippen LogP contribution in [0.4, 0.5) is 0 Å². The zero-order valence-electron chi connectivity index (χ0n) is 11.5. The second-order valence-corrected chi connectivity index (χ2v) is 5.21. The smallest absolute Gasteiger partial charge is 0.216 e. The normalized spacial score (nSPS) is 14.0. The highest BCUT2D eigenvalue weighted by Crippen LogP contribution is 2.31. The van der Waals surface area contributed by atoms with Crippen molar-refractivity contribution in [3.63, 3.8) is 0 Å². The number of pyridine rings is 1. The summed E-state index contributed by atoms with van der Waals surface area (Å²) in [5, 5.41) is 9.06. The number of Topliss-reactive ketones (excluding diaryl/α,β-unsaturated/α-hetero) is 1. The molecule has 0 amide bonds. The molecule has 0 aromatic carbocycles. The fourth-order valence-electron chi connectivity index (χ4n) is 1.75. The highest BCUT2D eigenvalue weighted by molar-refractivity contribution is 9.10. The number of aliphatic hydroxyl groups excluding tert-OH is 1. The van der Waals surface area contributed by atoms with Crippen LogP contribution in [-0.4, -0.2) is 42.3 Å². The van der Waals surface area contributed by atoms with Crippen LogP contribution in [0.2, 0.25) is 0 Å². The molecule has 1 heterocycles. The summed E-state index contributed by atoms with van der Waals surface area (Å²) in [5.41, 5.74) is -0.112. The molecule has 5 nitrogen and oxygen atoms in total. The number of nitrogens with zero attached hydrogens (tertiary/aromatic N) is 1. The molecule has 0 aliphatic rings. The van der Waals surface area contributed by atoms with E-state index in [1.807, 2.05) is 6.92 Å². The van der Waals surface area contributed by atoms with Crippen LogP contribution in [0.5, 0.6) is 5.75 Å². The molecule has 0 aliphatic heterocycles. The number of ether oxygens (including phenoxy) is 2. The highest BCUT2D eigenvalue weighted by Gasteiger charge is 2.36. The second-order valence-electron chi connectivity index (χ2n) is 4.35. The summed E-state index contributed by atoms with van der Waals surface area (Å²) in [6.45, 7) is 3.31. The van der Waals surface area contributed by atoms with Gasteiger partial charge < -0.3 is 14.6 Å². The summed E-state index contributed by atoms with van der Waals surface area (Å²) in [6, 6.07) is 0. The van der Waals surface area contributed by atoms with Crippen molar-refractivity contribution >= 4 is 21.7 Å². The van der Waals surface area contributed by atoms with E-state index < -0.39 is 5.60 Å². The van der Waals surface area contributed by atoms with Crippen molar-refractivity contribution in [1.82, 2.24) is 4.98 Å². The lowest BCUT2D eigenvalue weighted by Crippen LogP contribution is -2.39. The molecule has 0 spiro atoms. The van der Waals surface area contributed by atoms with E-state index in [0.717, 1.165) is 10.0 Å². The summed E-state index contributed by atoms with van der Waals surface area (Å²) in [4.78, 5) is 16.7. The van der Waals surface area contributed by atoms with Crippen LogP contribution in [0.1, 0.15) is 29.4 Å². The van der Waals surface area contributed by atoms with E-state index in [1.54, 1.807) is 13.1 Å². The quantitative estimate of drug-likeness (QED) is 0.809. The fraction of sp³-hybridized carbons (Fsp3) is 0.538. The van der Waals surface area contributed by atoms with Crippen LogP contribution in [-0.2, 0) is 4.74 Å². The van der Waals surface area contributed by atoms with Gasteiger partial charge in [0.15, 0.2) is 11.4 Å². The number of hydrogen-bond acceptors (Lipinski definition) is 5. The summed E-state index contributed by atoms with van der Waals surface area (Å²) >= 11 is 3.34. The van der Waals surface area contributed by atoms with Crippen LogP contribution >= 0.6 is 15.9 Å². The van der Waals surface area contributed by atoms with E-state index in [0.29, 0.717) is 5.75 Å². The molecule has 0 bridgehead atoms. The zero-order valence-corrected chi connectivity index (χ0v) is 13.1. The van der Waals surface area contributed by atoms with Gasteiger partial charge in [-0.05, 0) is 29.8 Å². The van der Waals surface area contributed by atoms with E-state index in [4.69, 9.17) is 14.6 Å². The maximum atomic E-state index is 12.5. The number of aromatic nitrogens is 1. The fourth-order valence-corrected chi connectivity index (χ4v) is 2.03. The third-order valence-corrected chi connectivity index (χ3v) is 3.96. The topological polar surface area (TPSA) is 68.7 Å². The number of halogens is 1. The SMILES string of the molecule is COc1c(C(=O)C(C)(CCO)OC)ncc(Br)c1C. The van der Waals surface area contributed by atoms with Crippen molar-refractivity contribution < 1.29 is 19.4 Å². The van der Waals surface area contributed by atoms with Gasteiger partial charge in [-0.15, -0.1) is 0 Å². The number of hydrogen-bond donors (Lipinski definition) is 1. The molecule has 1 rings (SSSR count). The molecule has 19 heavy (non-hydrogen) atoms. The molecule has 1 N–H and O–H groups in total. The Bertz CT molecular complexity index is 478. The molecule has 1 aromatic heterocycles. The Morgan fingerprint density at radius 2 is 2.16 bits per heavy atom. The van der Waals surface area contributed by atoms with Gasteiger partial charge in [-0.25, -0.2) is 4.98 Å². The number of rotatable bonds is 6. The predicted octanol–water partition coefficient (Wildman–Crippen LogP) is 2.13. The molecule has 106 valence electrons. The number of methoxy groups -OCH3 is 2. The molecule has 0 aliphatic carbocycles. The number of ketones is 1. The van der Waals surface area contributed by atoms with Crippen molar-refractivity contribution in [3.05, 3.63) is 21.9 Å². The Kier molecular flexibility index (Phi) is 5.46. The molecule has 0 fully saturated rings. The lowest BCUT2D eigenvalue weighted by atomic mass is 9.93. The minimum Gasteiger partial charge on any atom is -0.494 e. The molecule has 0 saturated heterocycles. The van der Waals surface area contributed by atoms with Gasteiger partial charge >= 0.3 is 0 Å². The van der Waals surface area contributed by atoms with Gasteiger partial charge in [0.25, 0.3) is 0 Å². The first-order chi connectivity index (χ1) is 8.91. The Hall–Kier alpha value is -0.980. The van der Waals surface area contributed by atoms with E-state index in [9.17, 15) is 4.79 Å². The van der Waals surface area contributed by atoms with E-state index in [-0.39, 0.29) is 24.5 Å². The second kappa shape index (κ2) is 6.45. The van der Waals surface area contributed by atoms with Gasteiger partial charge in [-0.2, -0.15) is 0 Å². The average molecular weight is 332 g/mol. The largest absolute Gasteiger partial charge is 0.494 e. The first-order valence-corrected chi connectivity index (χ1v) is 6.60. The lowest BCUT2D eigenvalue weighted by Gasteiger charge is -2.26. The number of carbonyl (C=O) groups is 1. The van der Waals surface area contributed by atoms with E-state index in [1.165, 1.54) is 14.2 Å². The van der Waals surface area contributed by atoms with Crippen LogP contribution in [0, 0.1) is 6.92 Å². The molecule has 0 radical (unpaired) electrons. The third-order valence-electron chi connectivity index (χ3n) is 3.16. The Morgan fingerprint density at radius 3 is 2.63 bits per heavy atom. The zero-order chi connectivity index (χ0) is 14.6. The van der Waals surface area contributed by atoms with Crippen LogP contribution in [0.25, 0.3) is 0 Å². The first-order valence-electron chi connectivity index (χ1n) is 5.81. The first kappa shape index (κ1) is 16.1. The Balaban J connectivity index is 3.30. The maximum Gasteiger partial charge on any atom is 0.216 e. The monoisotopic (exact) mass is 331 g/mol. The molecular weight excluding hydrogens is 314 g/mol. The lowest BCUT2D eigenvalue weighted by molar-refractivity contribution is -0.00114. The summed E-state index contributed by atoms with van der Waals surface area (Å²) in [5.74, 6) is 0.108. The van der Waals surface area contributed by atoms with Crippen molar-refractivity contribution in [2.45, 2.75) is 25.9 Å². The standard InChI is InChI=1S/C13H18BrNO4/c1-8-9(14)7-15-10(11(8)18-3)12(17)13(2,19-4)5-6-16/h7,16H,5-6H2,1-4H3. The molecule has 1 atom stereocenters. The summed E-state index contributed by atoms with van der Waals surface area (Å²) < 4.78 is 11.3. The Labute approximate surface area is 121 Å². The molecule has 6 heteroatoms. The van der Waals surface area contributed by atoms with Crippen molar-refractivity contribution in [2.75, 3.05) is 20.8 Å². The van der Waals surface area contributed by atoms with Crippen LogP contribution < -0.4 is 4.74 Å². The van der Waals surface area contributed by atoms with Crippen LogP contribution in [0.15, 0.2) is 10.7 Å². The Morgan fingerprint density at radius 1 is 1.53 bits per heavy atom. The van der Waals surface area contributed by atoms with Gasteiger partial charge in [-0.1, -0.05) is 0 Å². The van der Waals surface area contributed by atoms with Gasteiger partial charge in [0.05, 0.1) is 7.11 Å². The third kappa shape index (κ3) is 3.13. The molecule has 0 saturated carbocycles. The minimum atomic E-state index is -1.12.